The Kier molecular flexibility index (Phi) is 3.74. The number of rotatable bonds is 3. The predicted molar refractivity (Wildman–Crippen MR) is 81.9 cm³/mol. The molecule has 1 atom stereocenters. The number of hydrogen-bond acceptors (Lipinski definition) is 2. The Morgan fingerprint density at radius 2 is 2.00 bits per heavy atom. The van der Waals surface area contributed by atoms with Crippen molar-refractivity contribution in [3.05, 3.63) is 69.8 Å². The van der Waals surface area contributed by atoms with E-state index in [2.05, 4.69) is 6.07 Å². The molecule has 0 fully saturated rings. The highest BCUT2D eigenvalue weighted by Crippen LogP contribution is 2.31. The van der Waals surface area contributed by atoms with Gasteiger partial charge in [0.2, 0.25) is 0 Å². The first kappa shape index (κ1) is 13.6. The van der Waals surface area contributed by atoms with Crippen molar-refractivity contribution in [2.45, 2.75) is 12.5 Å². The van der Waals surface area contributed by atoms with Crippen molar-refractivity contribution >= 4 is 33.0 Å². The molecule has 3 aromatic rings. The van der Waals surface area contributed by atoms with Crippen LogP contribution in [0.5, 0.6) is 0 Å². The highest BCUT2D eigenvalue weighted by Gasteiger charge is 2.15. The van der Waals surface area contributed by atoms with Gasteiger partial charge in [-0.1, -0.05) is 35.9 Å². The van der Waals surface area contributed by atoms with Gasteiger partial charge in [0.05, 0.1) is 6.10 Å². The third-order valence-corrected chi connectivity index (χ3v) is 4.64. The number of hydrogen-bond donors (Lipinski definition) is 1. The Morgan fingerprint density at radius 1 is 1.20 bits per heavy atom. The molecule has 102 valence electrons. The summed E-state index contributed by atoms with van der Waals surface area (Å²) in [4.78, 5) is 0. The monoisotopic (exact) mass is 306 g/mol. The van der Waals surface area contributed by atoms with Crippen LogP contribution in [-0.2, 0) is 6.42 Å². The maximum absolute atomic E-state index is 13.0. The van der Waals surface area contributed by atoms with Crippen molar-refractivity contribution in [2.24, 2.45) is 0 Å². The summed E-state index contributed by atoms with van der Waals surface area (Å²) in [5.41, 5.74) is 1.64. The number of fused-ring (bicyclic) bond motifs is 1. The predicted octanol–water partition coefficient (Wildman–Crippen LogP) is 4.97. The number of aliphatic hydroxyl groups excluding tert-OH is 1. The molecule has 0 amide bonds. The first-order chi connectivity index (χ1) is 9.65. The van der Waals surface area contributed by atoms with E-state index in [4.69, 9.17) is 11.6 Å². The molecule has 1 nitrogen and oxygen atoms in total. The van der Waals surface area contributed by atoms with Crippen LogP contribution < -0.4 is 0 Å². The van der Waals surface area contributed by atoms with Crippen LogP contribution >= 0.6 is 22.9 Å². The molecule has 1 N–H and O–H groups in total. The SMILES string of the molecule is OC(Cc1csc2ccccc12)c1ccc(F)cc1Cl. The minimum Gasteiger partial charge on any atom is -0.388 e. The van der Waals surface area contributed by atoms with E-state index >= 15 is 0 Å². The van der Waals surface area contributed by atoms with Gasteiger partial charge in [0, 0.05) is 16.1 Å². The van der Waals surface area contributed by atoms with Crippen LogP contribution in [0.4, 0.5) is 4.39 Å². The van der Waals surface area contributed by atoms with Crippen molar-refractivity contribution in [1.29, 1.82) is 0 Å². The summed E-state index contributed by atoms with van der Waals surface area (Å²) in [6.07, 6.45) is -0.267. The van der Waals surface area contributed by atoms with Crippen LogP contribution in [0.15, 0.2) is 47.8 Å². The summed E-state index contributed by atoms with van der Waals surface area (Å²) >= 11 is 7.64. The molecule has 0 aliphatic heterocycles. The molecule has 2 aromatic carbocycles. The van der Waals surface area contributed by atoms with Crippen molar-refractivity contribution in [1.82, 2.24) is 0 Å². The van der Waals surface area contributed by atoms with Crippen molar-refractivity contribution in [2.75, 3.05) is 0 Å². The molecule has 0 radical (unpaired) electrons. The Bertz CT molecular complexity index is 753. The lowest BCUT2D eigenvalue weighted by atomic mass is 10.0. The van der Waals surface area contributed by atoms with E-state index in [9.17, 15) is 9.50 Å². The van der Waals surface area contributed by atoms with E-state index in [-0.39, 0.29) is 5.02 Å². The zero-order chi connectivity index (χ0) is 14.1. The van der Waals surface area contributed by atoms with E-state index < -0.39 is 11.9 Å². The van der Waals surface area contributed by atoms with Gasteiger partial charge >= 0.3 is 0 Å². The third kappa shape index (κ3) is 2.57. The molecule has 1 heterocycles. The van der Waals surface area contributed by atoms with E-state index in [0.29, 0.717) is 12.0 Å². The lowest BCUT2D eigenvalue weighted by Crippen LogP contribution is -2.02. The van der Waals surface area contributed by atoms with Gasteiger partial charge in [-0.15, -0.1) is 11.3 Å². The van der Waals surface area contributed by atoms with Gasteiger partial charge in [0.15, 0.2) is 0 Å². The second-order valence-corrected chi connectivity index (χ2v) is 5.96. The minimum absolute atomic E-state index is 0.261. The fourth-order valence-corrected chi connectivity index (χ4v) is 3.55. The largest absolute Gasteiger partial charge is 0.388 e. The minimum atomic E-state index is -0.735. The molecular weight excluding hydrogens is 295 g/mol. The summed E-state index contributed by atoms with van der Waals surface area (Å²) in [5, 5.41) is 13.8. The second kappa shape index (κ2) is 5.52. The van der Waals surface area contributed by atoms with Gasteiger partial charge in [-0.2, -0.15) is 0 Å². The smallest absolute Gasteiger partial charge is 0.124 e. The van der Waals surface area contributed by atoms with Crippen LogP contribution in [0, 0.1) is 5.82 Å². The van der Waals surface area contributed by atoms with E-state index in [1.807, 2.05) is 23.6 Å². The molecule has 0 saturated carbocycles. The van der Waals surface area contributed by atoms with E-state index in [1.165, 1.54) is 22.9 Å². The highest BCUT2D eigenvalue weighted by molar-refractivity contribution is 7.17. The lowest BCUT2D eigenvalue weighted by Gasteiger charge is -2.12. The van der Waals surface area contributed by atoms with Crippen LogP contribution in [0.3, 0.4) is 0 Å². The number of benzene rings is 2. The number of thiophene rings is 1. The standard InChI is InChI=1S/C16H12ClFOS/c17-14-8-11(18)5-6-13(14)15(19)7-10-9-20-16-4-2-1-3-12(10)16/h1-6,8-9,15,19H,7H2. The molecule has 0 spiro atoms. The third-order valence-electron chi connectivity index (χ3n) is 3.30. The number of halogens is 2. The maximum Gasteiger partial charge on any atom is 0.124 e. The zero-order valence-electron chi connectivity index (χ0n) is 10.5. The molecule has 1 aromatic heterocycles. The highest BCUT2D eigenvalue weighted by atomic mass is 35.5. The van der Waals surface area contributed by atoms with Crippen LogP contribution in [0.2, 0.25) is 5.02 Å². The van der Waals surface area contributed by atoms with Gasteiger partial charge in [0.1, 0.15) is 5.82 Å². The van der Waals surface area contributed by atoms with Crippen molar-refractivity contribution in [3.63, 3.8) is 0 Å². The molecule has 0 bridgehead atoms. The summed E-state index contributed by atoms with van der Waals surface area (Å²) in [7, 11) is 0. The molecular formula is C16H12ClFOS. The Morgan fingerprint density at radius 3 is 2.80 bits per heavy atom. The van der Waals surface area contributed by atoms with E-state index in [1.54, 1.807) is 11.3 Å². The average molecular weight is 307 g/mol. The summed E-state index contributed by atoms with van der Waals surface area (Å²) < 4.78 is 14.2. The molecule has 0 aliphatic carbocycles. The summed E-state index contributed by atoms with van der Waals surface area (Å²) in [6, 6.07) is 12.2. The van der Waals surface area contributed by atoms with Gasteiger partial charge in [-0.25, -0.2) is 4.39 Å². The van der Waals surface area contributed by atoms with Gasteiger partial charge < -0.3 is 5.11 Å². The Hall–Kier alpha value is -1.42. The molecule has 0 saturated heterocycles. The molecule has 20 heavy (non-hydrogen) atoms. The number of aliphatic hydroxyl groups is 1. The topological polar surface area (TPSA) is 20.2 Å². The Balaban J connectivity index is 1.90. The molecule has 4 heteroatoms. The fraction of sp³-hybridized carbons (Fsp3) is 0.125. The Labute approximate surface area is 125 Å². The van der Waals surface area contributed by atoms with Crippen LogP contribution in [-0.4, -0.2) is 5.11 Å². The van der Waals surface area contributed by atoms with Crippen LogP contribution in [0.25, 0.3) is 10.1 Å². The summed E-state index contributed by atoms with van der Waals surface area (Å²) in [6.45, 7) is 0. The molecule has 1 unspecified atom stereocenters. The molecule has 3 rings (SSSR count). The van der Waals surface area contributed by atoms with Gasteiger partial charge in [-0.3, -0.25) is 0 Å². The quantitative estimate of drug-likeness (QED) is 0.724. The fourth-order valence-electron chi connectivity index (χ4n) is 2.28. The maximum atomic E-state index is 13.0. The first-order valence-corrected chi connectivity index (χ1v) is 7.49. The normalized spacial score (nSPS) is 12.8. The zero-order valence-corrected chi connectivity index (χ0v) is 12.1. The van der Waals surface area contributed by atoms with Crippen molar-refractivity contribution < 1.29 is 9.50 Å². The van der Waals surface area contributed by atoms with Crippen LogP contribution in [0.1, 0.15) is 17.2 Å². The first-order valence-electron chi connectivity index (χ1n) is 6.23. The van der Waals surface area contributed by atoms with Gasteiger partial charge in [0.25, 0.3) is 0 Å². The molecule has 0 aliphatic rings. The second-order valence-electron chi connectivity index (χ2n) is 4.64. The van der Waals surface area contributed by atoms with Crippen molar-refractivity contribution in [3.8, 4) is 0 Å². The lowest BCUT2D eigenvalue weighted by molar-refractivity contribution is 0.179. The van der Waals surface area contributed by atoms with E-state index in [0.717, 1.165) is 10.9 Å². The average Bonchev–Trinajstić information content (AvgIpc) is 2.82. The van der Waals surface area contributed by atoms with Gasteiger partial charge in [-0.05, 0) is 40.1 Å². The summed E-state index contributed by atoms with van der Waals surface area (Å²) in [5.74, 6) is -0.396.